The number of hydrogen-bond acceptors (Lipinski definition) is 0. The first kappa shape index (κ1) is 22.4. The molecule has 7 heteroatoms. The van der Waals surface area contributed by atoms with Gasteiger partial charge in [0.1, 0.15) is 0 Å². The molecular weight excluding hydrogens is 324 g/mol. The van der Waals surface area contributed by atoms with Gasteiger partial charge in [0.15, 0.2) is 0 Å². The Morgan fingerprint density at radius 1 is 0.467 bits per heavy atom. The van der Waals surface area contributed by atoms with Gasteiger partial charge in [0.05, 0.1) is 0 Å². The summed E-state index contributed by atoms with van der Waals surface area (Å²) in [4.78, 5) is 0. The van der Waals surface area contributed by atoms with Crippen molar-refractivity contribution in [2.75, 3.05) is 0 Å². The molecule has 0 N–H and O–H groups in total. The minimum Gasteiger partial charge on any atom is -0.673 e. The molecule has 0 aromatic rings. The minimum absolute atomic E-state index is 0. The van der Waals surface area contributed by atoms with Crippen molar-refractivity contribution in [1.29, 1.82) is 0 Å². The van der Waals surface area contributed by atoms with Crippen LogP contribution in [-0.4, -0.2) is 81.3 Å². The summed E-state index contributed by atoms with van der Waals surface area (Å²) in [5.41, 5.74) is 0. The van der Waals surface area contributed by atoms with Crippen LogP contribution in [0.25, 0.3) is 9.30 Å². The first-order valence-electron chi connectivity index (χ1n) is 4.89. The molecule has 84 valence electrons. The Balaban J connectivity index is -0.000000180. The van der Waals surface area contributed by atoms with E-state index in [4.69, 9.17) is 0 Å². The van der Waals surface area contributed by atoms with Gasteiger partial charge in [-0.25, -0.2) is 0 Å². The van der Waals surface area contributed by atoms with E-state index in [1.165, 1.54) is 0 Å². The Labute approximate surface area is 141 Å². The molecule has 2 nitrogen and oxygen atoms in total. The second-order valence-corrected chi connectivity index (χ2v) is 13.4. The molecule has 0 aliphatic heterocycles. The van der Waals surface area contributed by atoms with Gasteiger partial charge in [-0.3, -0.25) is 0 Å². The number of hydrogen-bond donors (Lipinski definition) is 0. The molecule has 0 saturated heterocycles. The summed E-state index contributed by atoms with van der Waals surface area (Å²) < 4.78 is 8.96. The van der Waals surface area contributed by atoms with Crippen molar-refractivity contribution in [2.45, 2.75) is 52.4 Å². The van der Waals surface area contributed by atoms with Crippen LogP contribution in [0.15, 0.2) is 0 Å². The summed E-state index contributed by atoms with van der Waals surface area (Å²) in [6.07, 6.45) is 0. The zero-order valence-electron chi connectivity index (χ0n) is 11.6. The van der Waals surface area contributed by atoms with Gasteiger partial charge in [0.2, 0.25) is 0 Å². The molecule has 0 aliphatic rings. The van der Waals surface area contributed by atoms with Crippen LogP contribution in [-0.2, 0) is 0 Å². The number of rotatable bonds is 4. The minimum atomic E-state index is -0.264. The summed E-state index contributed by atoms with van der Waals surface area (Å²) in [6.45, 7) is 17.8. The van der Waals surface area contributed by atoms with Gasteiger partial charge in [-0.1, -0.05) is 88.2 Å². The third-order valence-electron chi connectivity index (χ3n) is 0.894. The molecule has 15 heavy (non-hydrogen) atoms. The fourth-order valence-electron chi connectivity index (χ4n) is 0.894. The first-order valence-corrected chi connectivity index (χ1v) is 14.7. The van der Waals surface area contributed by atoms with Crippen LogP contribution in [0.5, 0.6) is 0 Å². The predicted octanol–water partition coefficient (Wildman–Crippen LogP) is 3.34. The summed E-state index contributed by atoms with van der Waals surface area (Å²) in [5.74, 6) is 0. The van der Waals surface area contributed by atoms with Crippen molar-refractivity contribution < 1.29 is 0 Å². The van der Waals surface area contributed by atoms with Crippen molar-refractivity contribution >= 4 is 81.3 Å². The molecule has 0 aromatic carbocycles. The van der Waals surface area contributed by atoms with E-state index in [0.717, 1.165) is 0 Å². The van der Waals surface area contributed by atoms with Crippen molar-refractivity contribution in [3.63, 3.8) is 0 Å². The topological polar surface area (TPSA) is 28.2 Å². The van der Waals surface area contributed by atoms with Gasteiger partial charge in [-0.2, -0.15) is 0 Å². The zero-order valence-corrected chi connectivity index (χ0v) is 19.1. The van der Waals surface area contributed by atoms with Crippen molar-refractivity contribution in [1.82, 2.24) is 0 Å². The van der Waals surface area contributed by atoms with E-state index in [9.17, 15) is 0 Å². The molecule has 0 rings (SSSR count). The van der Waals surface area contributed by atoms with Crippen LogP contribution in [0.1, 0.15) is 0 Å². The van der Waals surface area contributed by atoms with Crippen molar-refractivity contribution in [2.24, 2.45) is 0 Å². The Hall–Kier alpha value is 2.27. The van der Waals surface area contributed by atoms with E-state index in [1.807, 2.05) is 0 Å². The van der Waals surface area contributed by atoms with Crippen LogP contribution in [0.3, 0.4) is 0 Å². The molecular formula is C8H24N2Si4Sr. The predicted molar refractivity (Wildman–Crippen MR) is 82.4 cm³/mol. The van der Waals surface area contributed by atoms with E-state index in [2.05, 4.69) is 61.7 Å². The van der Waals surface area contributed by atoms with Crippen LogP contribution in [0.4, 0.5) is 0 Å². The smallest absolute Gasteiger partial charge is 0.673 e. The molecule has 0 aliphatic carbocycles. The first-order chi connectivity index (χ1) is 6.25. The fourth-order valence-corrected chi connectivity index (χ4v) is 8.05. The molecule has 0 unspecified atom stereocenters. The van der Waals surface area contributed by atoms with E-state index < -0.39 is 0 Å². The van der Waals surface area contributed by atoms with E-state index in [1.54, 1.807) is 0 Å². The molecule has 0 aromatic heterocycles. The average Bonchev–Trinajstić information content (AvgIpc) is 1.79. The molecule has 0 atom stereocenters. The SMILES string of the molecule is C[Si](C)[N-][Si](C)C.C[Si](C)[N-][Si](C)C.[Sr+2]. The van der Waals surface area contributed by atoms with Gasteiger partial charge in [-0.15, -0.1) is 0 Å². The Kier molecular flexibility index (Phi) is 21.4. The average molecular weight is 348 g/mol. The molecule has 0 saturated carbocycles. The normalized spacial score (nSPS) is 10.4. The second-order valence-electron chi connectivity index (χ2n) is 4.01. The second kappa shape index (κ2) is 14.3. The fraction of sp³-hybridized carbons (Fsp3) is 1.00. The summed E-state index contributed by atoms with van der Waals surface area (Å²) >= 11 is 0. The zero-order chi connectivity index (χ0) is 11.7. The molecule has 0 spiro atoms. The Morgan fingerprint density at radius 2 is 0.600 bits per heavy atom. The van der Waals surface area contributed by atoms with Crippen LogP contribution in [0, 0.1) is 0 Å². The van der Waals surface area contributed by atoms with E-state index in [-0.39, 0.29) is 81.3 Å². The van der Waals surface area contributed by atoms with E-state index in [0.29, 0.717) is 0 Å². The van der Waals surface area contributed by atoms with Gasteiger partial charge in [-0.05, 0) is 0 Å². The van der Waals surface area contributed by atoms with Gasteiger partial charge in [0.25, 0.3) is 0 Å². The standard InChI is InChI=1S/2C4H12NSi2.Sr/c2*1-6(2)5-7(3)4;/h2*1-4H3;/q2*-1;+2. The van der Waals surface area contributed by atoms with E-state index >= 15 is 0 Å². The van der Waals surface area contributed by atoms with Gasteiger partial charge < -0.3 is 9.30 Å². The molecule has 0 fully saturated rings. The third kappa shape index (κ3) is 31.4. The summed E-state index contributed by atoms with van der Waals surface area (Å²) in [6, 6.07) is 0. The monoisotopic (exact) mass is 348 g/mol. The maximum Gasteiger partial charge on any atom is 2.00 e. The Morgan fingerprint density at radius 3 is 0.600 bits per heavy atom. The summed E-state index contributed by atoms with van der Waals surface area (Å²) in [5, 5.41) is 0. The van der Waals surface area contributed by atoms with Gasteiger partial charge in [0, 0.05) is 0 Å². The van der Waals surface area contributed by atoms with Crippen LogP contribution < -0.4 is 0 Å². The maximum absolute atomic E-state index is 4.48. The summed E-state index contributed by atoms with van der Waals surface area (Å²) in [7, 11) is -1.06. The van der Waals surface area contributed by atoms with Crippen LogP contribution >= 0.6 is 0 Å². The maximum atomic E-state index is 4.48. The number of nitrogens with zero attached hydrogens (tertiary/aromatic N) is 2. The third-order valence-corrected chi connectivity index (χ3v) is 8.05. The quantitative estimate of drug-likeness (QED) is 0.697. The van der Waals surface area contributed by atoms with Crippen LogP contribution in [0.2, 0.25) is 52.4 Å². The molecule has 4 radical (unpaired) electrons. The molecule has 0 heterocycles. The molecule has 0 bridgehead atoms. The molecule has 0 amide bonds. The Bertz CT molecular complexity index is 97.2. The van der Waals surface area contributed by atoms with Gasteiger partial charge >= 0.3 is 45.5 Å². The van der Waals surface area contributed by atoms with Crippen molar-refractivity contribution in [3.8, 4) is 0 Å². The van der Waals surface area contributed by atoms with Crippen molar-refractivity contribution in [3.05, 3.63) is 9.30 Å². The largest absolute Gasteiger partial charge is 2.00 e.